The molecule has 2 aliphatic heterocycles. The van der Waals surface area contributed by atoms with E-state index in [-0.39, 0.29) is 42.3 Å². The normalized spacial score (nSPS) is 23.1. The van der Waals surface area contributed by atoms with E-state index in [1.807, 2.05) is 0 Å². The van der Waals surface area contributed by atoms with Crippen molar-refractivity contribution in [1.82, 2.24) is 15.3 Å². The van der Waals surface area contributed by atoms with E-state index in [1.165, 1.54) is 10.0 Å². The Morgan fingerprint density at radius 1 is 1.11 bits per heavy atom. The molecule has 0 unspecified atom stereocenters. The Kier molecular flexibility index (Phi) is 5.58. The summed E-state index contributed by atoms with van der Waals surface area (Å²) < 4.78 is 0. The van der Waals surface area contributed by atoms with Gasteiger partial charge in [-0.05, 0) is 31.4 Å². The maximum atomic E-state index is 13.2. The van der Waals surface area contributed by atoms with Gasteiger partial charge in [-0.1, -0.05) is 32.0 Å². The topological polar surface area (TPSA) is 86.8 Å². The molecular formula is C20H25N3O4. The quantitative estimate of drug-likeness (QED) is 0.870. The smallest absolute Gasteiger partial charge is 0.264 e. The van der Waals surface area contributed by atoms with Crippen molar-refractivity contribution in [2.75, 3.05) is 6.54 Å². The highest BCUT2D eigenvalue weighted by Gasteiger charge is 2.44. The largest absolute Gasteiger partial charge is 0.340 e. The summed E-state index contributed by atoms with van der Waals surface area (Å²) in [7, 11) is 0. The van der Waals surface area contributed by atoms with E-state index in [9.17, 15) is 19.2 Å². The van der Waals surface area contributed by atoms with Crippen molar-refractivity contribution >= 4 is 23.5 Å². The molecule has 2 heterocycles. The Bertz CT molecular complexity index is 747. The third-order valence-corrected chi connectivity index (χ3v) is 5.10. The summed E-state index contributed by atoms with van der Waals surface area (Å²) in [5.74, 6) is -1.22. The number of carbonyl (C=O) groups is 4. The van der Waals surface area contributed by atoms with Crippen molar-refractivity contribution in [2.24, 2.45) is 5.92 Å². The maximum absolute atomic E-state index is 13.2. The number of benzene rings is 1. The number of carbonyl (C=O) groups excluding carboxylic acids is 4. The lowest BCUT2D eigenvalue weighted by atomic mass is 9.95. The molecular weight excluding hydrogens is 346 g/mol. The first-order chi connectivity index (χ1) is 12.9. The molecule has 2 saturated heterocycles. The summed E-state index contributed by atoms with van der Waals surface area (Å²) in [5, 5.41) is 5.47. The van der Waals surface area contributed by atoms with Gasteiger partial charge in [-0.25, -0.2) is 5.01 Å². The highest BCUT2D eigenvalue weighted by molar-refractivity contribution is 6.00. The van der Waals surface area contributed by atoms with Crippen LogP contribution in [0.2, 0.25) is 0 Å². The first kappa shape index (κ1) is 19.1. The van der Waals surface area contributed by atoms with Gasteiger partial charge < -0.3 is 5.32 Å². The molecule has 0 spiro atoms. The van der Waals surface area contributed by atoms with E-state index >= 15 is 0 Å². The molecule has 1 aromatic rings. The molecule has 7 nitrogen and oxygen atoms in total. The van der Waals surface area contributed by atoms with Crippen LogP contribution in [0.15, 0.2) is 30.3 Å². The molecule has 3 amide bonds. The van der Waals surface area contributed by atoms with Crippen LogP contribution in [0.4, 0.5) is 0 Å². The maximum Gasteiger partial charge on any atom is 0.264 e. The van der Waals surface area contributed by atoms with Crippen molar-refractivity contribution in [3.8, 4) is 0 Å². The molecule has 7 heteroatoms. The average molecular weight is 371 g/mol. The number of Topliss-reactive ketones (excluding diaryl/α,β-unsaturated/α-hetero) is 1. The van der Waals surface area contributed by atoms with Crippen molar-refractivity contribution in [2.45, 2.75) is 51.6 Å². The van der Waals surface area contributed by atoms with E-state index in [0.29, 0.717) is 24.9 Å². The Morgan fingerprint density at radius 3 is 2.48 bits per heavy atom. The van der Waals surface area contributed by atoms with Crippen molar-refractivity contribution in [1.29, 1.82) is 0 Å². The molecule has 27 heavy (non-hydrogen) atoms. The number of nitrogens with zero attached hydrogens (tertiary/aromatic N) is 2. The first-order valence-corrected chi connectivity index (χ1v) is 9.43. The second-order valence-electron chi connectivity index (χ2n) is 7.35. The minimum Gasteiger partial charge on any atom is -0.340 e. The molecule has 2 fully saturated rings. The van der Waals surface area contributed by atoms with E-state index in [1.54, 1.807) is 44.2 Å². The number of fused-ring (bicyclic) bond motifs is 1. The number of hydrazine groups is 1. The molecule has 2 atom stereocenters. The van der Waals surface area contributed by atoms with Crippen LogP contribution in [0.5, 0.6) is 0 Å². The lowest BCUT2D eigenvalue weighted by molar-refractivity contribution is -0.176. The number of rotatable bonds is 4. The van der Waals surface area contributed by atoms with Gasteiger partial charge in [0.05, 0.1) is 0 Å². The summed E-state index contributed by atoms with van der Waals surface area (Å²) in [6, 6.07) is 7.16. The van der Waals surface area contributed by atoms with Gasteiger partial charge in [0.15, 0.2) is 5.78 Å². The predicted molar refractivity (Wildman–Crippen MR) is 98.4 cm³/mol. The number of hydrogen-bond acceptors (Lipinski definition) is 4. The summed E-state index contributed by atoms with van der Waals surface area (Å²) in [5.41, 5.74) is 0.450. The Morgan fingerprint density at radius 2 is 1.81 bits per heavy atom. The zero-order chi connectivity index (χ0) is 19.6. The Labute approximate surface area is 158 Å². The van der Waals surface area contributed by atoms with Crippen LogP contribution in [0, 0.1) is 5.92 Å². The molecule has 0 saturated carbocycles. The lowest BCUT2D eigenvalue weighted by Gasteiger charge is -2.43. The molecule has 0 aromatic heterocycles. The third kappa shape index (κ3) is 3.86. The Hall–Kier alpha value is -2.70. The summed E-state index contributed by atoms with van der Waals surface area (Å²) in [4.78, 5) is 50.9. The van der Waals surface area contributed by atoms with Crippen molar-refractivity contribution in [3.63, 3.8) is 0 Å². The summed E-state index contributed by atoms with van der Waals surface area (Å²) >= 11 is 0. The van der Waals surface area contributed by atoms with Gasteiger partial charge in [0.25, 0.3) is 11.8 Å². The van der Waals surface area contributed by atoms with Gasteiger partial charge in [-0.3, -0.25) is 24.2 Å². The minimum absolute atomic E-state index is 0.0594. The Balaban J connectivity index is 1.85. The summed E-state index contributed by atoms with van der Waals surface area (Å²) in [6.45, 7) is 4.01. The monoisotopic (exact) mass is 371 g/mol. The number of amides is 3. The molecule has 1 N–H and O–H groups in total. The summed E-state index contributed by atoms with van der Waals surface area (Å²) in [6.07, 6.45) is 1.60. The first-order valence-electron chi connectivity index (χ1n) is 9.43. The highest BCUT2D eigenvalue weighted by atomic mass is 16.2. The minimum atomic E-state index is -0.827. The molecule has 144 valence electrons. The van der Waals surface area contributed by atoms with Crippen LogP contribution in [-0.4, -0.2) is 52.2 Å². The van der Waals surface area contributed by atoms with Crippen LogP contribution in [0.1, 0.15) is 49.9 Å². The number of nitrogens with one attached hydrogen (secondary N) is 1. The van der Waals surface area contributed by atoms with E-state index in [2.05, 4.69) is 5.32 Å². The van der Waals surface area contributed by atoms with Gasteiger partial charge in [-0.15, -0.1) is 0 Å². The molecule has 0 bridgehead atoms. The van der Waals surface area contributed by atoms with Crippen molar-refractivity contribution < 1.29 is 19.2 Å². The van der Waals surface area contributed by atoms with E-state index in [4.69, 9.17) is 0 Å². The van der Waals surface area contributed by atoms with Gasteiger partial charge in [0.1, 0.15) is 12.1 Å². The standard InChI is InChI=1S/C20H25N3O4/c1-13(2)18(25)16-9-6-12-22-17(24)11-10-15(20(27)23(16)22)21-19(26)14-7-4-3-5-8-14/h3-5,7-8,13,15-16H,6,9-12H2,1-2H3,(H,21,26)/t15-,16-/m0/s1. The lowest BCUT2D eigenvalue weighted by Crippen LogP contribution is -2.62. The SMILES string of the molecule is CC(C)C(=O)[C@@H]1CCCN2C(=O)CC[C@H](NC(=O)c3ccccc3)C(=O)N12. The van der Waals surface area contributed by atoms with Gasteiger partial charge in [0, 0.05) is 24.4 Å². The van der Waals surface area contributed by atoms with Gasteiger partial charge in [0.2, 0.25) is 5.91 Å². The predicted octanol–water partition coefficient (Wildman–Crippen LogP) is 1.54. The molecule has 2 aliphatic rings. The van der Waals surface area contributed by atoms with Crippen LogP contribution in [-0.2, 0) is 14.4 Å². The molecule has 0 aliphatic carbocycles. The fourth-order valence-corrected chi connectivity index (χ4v) is 3.64. The van der Waals surface area contributed by atoms with E-state index in [0.717, 1.165) is 0 Å². The van der Waals surface area contributed by atoms with Crippen LogP contribution in [0.3, 0.4) is 0 Å². The second kappa shape index (κ2) is 7.90. The van der Waals surface area contributed by atoms with Gasteiger partial charge in [-0.2, -0.15) is 0 Å². The average Bonchev–Trinajstić information content (AvgIpc) is 2.80. The number of ketones is 1. The zero-order valence-corrected chi connectivity index (χ0v) is 15.7. The van der Waals surface area contributed by atoms with E-state index < -0.39 is 12.1 Å². The van der Waals surface area contributed by atoms with Crippen molar-refractivity contribution in [3.05, 3.63) is 35.9 Å². The second-order valence-corrected chi connectivity index (χ2v) is 7.35. The van der Waals surface area contributed by atoms with Crippen LogP contribution in [0.25, 0.3) is 0 Å². The molecule has 0 radical (unpaired) electrons. The third-order valence-electron chi connectivity index (χ3n) is 5.10. The fraction of sp³-hybridized carbons (Fsp3) is 0.500. The zero-order valence-electron chi connectivity index (χ0n) is 15.7. The number of hydrogen-bond donors (Lipinski definition) is 1. The highest BCUT2D eigenvalue weighted by Crippen LogP contribution is 2.26. The van der Waals surface area contributed by atoms with Crippen LogP contribution < -0.4 is 5.32 Å². The molecule has 3 rings (SSSR count). The molecule has 1 aromatic carbocycles. The van der Waals surface area contributed by atoms with Crippen LogP contribution >= 0.6 is 0 Å². The van der Waals surface area contributed by atoms with Gasteiger partial charge >= 0.3 is 0 Å². The fourth-order valence-electron chi connectivity index (χ4n) is 3.64.